The Balaban J connectivity index is 2.44. The largest absolute Gasteiger partial charge is 0.462 e. The SMILES string of the molecule is CCCCC(CC)CCc1ccc(C(=O)OCC(CC)CCCC)cc1. The molecule has 2 heteroatoms. The summed E-state index contributed by atoms with van der Waals surface area (Å²) in [6.07, 6.45) is 12.2. The first-order chi connectivity index (χ1) is 12.6. The Hall–Kier alpha value is -1.31. The molecule has 1 aromatic carbocycles. The van der Waals surface area contributed by atoms with Crippen LogP contribution in [0.1, 0.15) is 101 Å². The molecule has 1 rings (SSSR count). The molecular formula is C24H40O2. The topological polar surface area (TPSA) is 26.3 Å². The number of benzene rings is 1. The molecule has 148 valence electrons. The molecule has 0 aromatic heterocycles. The normalized spacial score (nSPS) is 13.4. The number of carbonyl (C=O) groups excluding carboxylic acids is 1. The second-order valence-corrected chi connectivity index (χ2v) is 7.67. The number of carbonyl (C=O) groups is 1. The van der Waals surface area contributed by atoms with E-state index in [4.69, 9.17) is 4.74 Å². The molecule has 2 nitrogen and oxygen atoms in total. The van der Waals surface area contributed by atoms with Crippen molar-refractivity contribution in [3.8, 4) is 0 Å². The van der Waals surface area contributed by atoms with Gasteiger partial charge in [-0.15, -0.1) is 0 Å². The number of unbranched alkanes of at least 4 members (excludes halogenated alkanes) is 2. The molecule has 2 atom stereocenters. The van der Waals surface area contributed by atoms with Crippen molar-refractivity contribution in [2.24, 2.45) is 11.8 Å². The maximum absolute atomic E-state index is 12.3. The number of aryl methyl sites for hydroxylation is 1. The summed E-state index contributed by atoms with van der Waals surface area (Å²) in [6, 6.07) is 8.05. The van der Waals surface area contributed by atoms with Crippen molar-refractivity contribution in [1.29, 1.82) is 0 Å². The van der Waals surface area contributed by atoms with Gasteiger partial charge in [0.2, 0.25) is 0 Å². The molecule has 2 unspecified atom stereocenters. The molecule has 0 saturated carbocycles. The lowest BCUT2D eigenvalue weighted by Crippen LogP contribution is -2.14. The van der Waals surface area contributed by atoms with Crippen LogP contribution in [0.3, 0.4) is 0 Å². The first-order valence-electron chi connectivity index (χ1n) is 10.9. The molecular weight excluding hydrogens is 320 g/mol. The highest BCUT2D eigenvalue weighted by Gasteiger charge is 2.12. The van der Waals surface area contributed by atoms with Gasteiger partial charge >= 0.3 is 5.97 Å². The maximum atomic E-state index is 12.3. The second-order valence-electron chi connectivity index (χ2n) is 7.67. The van der Waals surface area contributed by atoms with E-state index < -0.39 is 0 Å². The zero-order valence-corrected chi connectivity index (χ0v) is 17.6. The monoisotopic (exact) mass is 360 g/mol. The molecule has 0 radical (unpaired) electrons. The lowest BCUT2D eigenvalue weighted by atomic mass is 9.92. The van der Waals surface area contributed by atoms with Gasteiger partial charge in [-0.25, -0.2) is 4.79 Å². The van der Waals surface area contributed by atoms with E-state index in [9.17, 15) is 4.79 Å². The van der Waals surface area contributed by atoms with E-state index in [0.29, 0.717) is 18.1 Å². The lowest BCUT2D eigenvalue weighted by Gasteiger charge is -2.15. The number of rotatable bonds is 14. The van der Waals surface area contributed by atoms with Crippen molar-refractivity contribution in [2.45, 2.75) is 91.9 Å². The van der Waals surface area contributed by atoms with Gasteiger partial charge in [0.05, 0.1) is 12.2 Å². The van der Waals surface area contributed by atoms with Gasteiger partial charge in [0.15, 0.2) is 0 Å². The van der Waals surface area contributed by atoms with Crippen molar-refractivity contribution in [2.75, 3.05) is 6.61 Å². The van der Waals surface area contributed by atoms with Crippen LogP contribution in [0.5, 0.6) is 0 Å². The smallest absolute Gasteiger partial charge is 0.338 e. The Bertz CT molecular complexity index is 477. The summed E-state index contributed by atoms with van der Waals surface area (Å²) >= 11 is 0. The Morgan fingerprint density at radius 2 is 1.42 bits per heavy atom. The molecule has 0 spiro atoms. The van der Waals surface area contributed by atoms with Gasteiger partial charge in [-0.1, -0.05) is 84.8 Å². The van der Waals surface area contributed by atoms with Crippen LogP contribution in [0.2, 0.25) is 0 Å². The summed E-state index contributed by atoms with van der Waals surface area (Å²) in [6.45, 7) is 9.48. The third-order valence-corrected chi connectivity index (χ3v) is 5.57. The Kier molecular flexibility index (Phi) is 12.1. The van der Waals surface area contributed by atoms with Crippen LogP contribution in [0.15, 0.2) is 24.3 Å². The first kappa shape index (κ1) is 22.7. The molecule has 0 amide bonds. The molecule has 0 fully saturated rings. The minimum Gasteiger partial charge on any atom is -0.462 e. The van der Waals surface area contributed by atoms with E-state index in [-0.39, 0.29) is 5.97 Å². The zero-order chi connectivity index (χ0) is 19.2. The van der Waals surface area contributed by atoms with Crippen LogP contribution in [0, 0.1) is 11.8 Å². The zero-order valence-electron chi connectivity index (χ0n) is 17.6. The van der Waals surface area contributed by atoms with Crippen molar-refractivity contribution in [3.05, 3.63) is 35.4 Å². The van der Waals surface area contributed by atoms with Gasteiger partial charge < -0.3 is 4.74 Å². The van der Waals surface area contributed by atoms with Crippen LogP contribution >= 0.6 is 0 Å². The molecule has 0 saturated heterocycles. The summed E-state index contributed by atoms with van der Waals surface area (Å²) in [5.74, 6) is 1.14. The van der Waals surface area contributed by atoms with E-state index >= 15 is 0 Å². The third kappa shape index (κ3) is 8.87. The van der Waals surface area contributed by atoms with Crippen LogP contribution in [0.25, 0.3) is 0 Å². The molecule has 26 heavy (non-hydrogen) atoms. The van der Waals surface area contributed by atoms with Gasteiger partial charge in [-0.05, 0) is 48.8 Å². The average molecular weight is 361 g/mol. The Labute approximate surface area is 161 Å². The molecule has 1 aromatic rings. The van der Waals surface area contributed by atoms with E-state index in [1.807, 2.05) is 12.1 Å². The highest BCUT2D eigenvalue weighted by Crippen LogP contribution is 2.20. The third-order valence-electron chi connectivity index (χ3n) is 5.57. The van der Waals surface area contributed by atoms with Crippen LogP contribution in [-0.2, 0) is 11.2 Å². The quantitative estimate of drug-likeness (QED) is 0.328. The van der Waals surface area contributed by atoms with E-state index in [1.54, 1.807) is 0 Å². The standard InChI is InChI=1S/C24H40O2/c1-5-9-11-20(7-3)13-14-22-15-17-23(18-16-22)24(25)26-19-21(8-4)12-10-6-2/h15-18,20-21H,5-14,19H2,1-4H3. The number of ether oxygens (including phenoxy) is 1. The lowest BCUT2D eigenvalue weighted by molar-refractivity contribution is 0.0428. The number of hydrogen-bond acceptors (Lipinski definition) is 2. The molecule has 0 heterocycles. The summed E-state index contributed by atoms with van der Waals surface area (Å²) in [4.78, 5) is 12.3. The van der Waals surface area contributed by atoms with E-state index in [0.717, 1.165) is 25.2 Å². The molecule has 0 aliphatic rings. The van der Waals surface area contributed by atoms with E-state index in [1.165, 1.54) is 50.5 Å². The summed E-state index contributed by atoms with van der Waals surface area (Å²) in [5, 5.41) is 0. The van der Waals surface area contributed by atoms with Crippen molar-refractivity contribution < 1.29 is 9.53 Å². The van der Waals surface area contributed by atoms with Gasteiger partial charge in [0.1, 0.15) is 0 Å². The fraction of sp³-hybridized carbons (Fsp3) is 0.708. The van der Waals surface area contributed by atoms with Gasteiger partial charge in [0.25, 0.3) is 0 Å². The second kappa shape index (κ2) is 13.8. The molecule has 0 aliphatic carbocycles. The van der Waals surface area contributed by atoms with Gasteiger partial charge in [0, 0.05) is 0 Å². The van der Waals surface area contributed by atoms with Crippen LogP contribution in [0.4, 0.5) is 0 Å². The maximum Gasteiger partial charge on any atom is 0.338 e. The highest BCUT2D eigenvalue weighted by molar-refractivity contribution is 5.89. The summed E-state index contributed by atoms with van der Waals surface area (Å²) < 4.78 is 5.54. The molecule has 0 bridgehead atoms. The van der Waals surface area contributed by atoms with Crippen LogP contribution in [-0.4, -0.2) is 12.6 Å². The van der Waals surface area contributed by atoms with E-state index in [2.05, 4.69) is 39.8 Å². The number of esters is 1. The fourth-order valence-corrected chi connectivity index (χ4v) is 3.40. The Morgan fingerprint density at radius 1 is 0.846 bits per heavy atom. The molecule has 0 N–H and O–H groups in total. The minimum atomic E-state index is -0.180. The predicted octanol–water partition coefficient (Wildman–Crippen LogP) is 7.21. The molecule has 0 aliphatic heterocycles. The van der Waals surface area contributed by atoms with Gasteiger partial charge in [-0.3, -0.25) is 0 Å². The predicted molar refractivity (Wildman–Crippen MR) is 112 cm³/mol. The summed E-state index contributed by atoms with van der Waals surface area (Å²) in [7, 11) is 0. The van der Waals surface area contributed by atoms with Crippen molar-refractivity contribution in [3.63, 3.8) is 0 Å². The summed E-state index contributed by atoms with van der Waals surface area (Å²) in [5.41, 5.74) is 2.00. The van der Waals surface area contributed by atoms with Crippen molar-refractivity contribution >= 4 is 5.97 Å². The fourth-order valence-electron chi connectivity index (χ4n) is 3.40. The average Bonchev–Trinajstić information content (AvgIpc) is 2.68. The Morgan fingerprint density at radius 3 is 1.96 bits per heavy atom. The van der Waals surface area contributed by atoms with Crippen LogP contribution < -0.4 is 0 Å². The number of hydrogen-bond donors (Lipinski definition) is 0. The highest BCUT2D eigenvalue weighted by atomic mass is 16.5. The first-order valence-corrected chi connectivity index (χ1v) is 10.9. The van der Waals surface area contributed by atoms with Gasteiger partial charge in [-0.2, -0.15) is 0 Å². The van der Waals surface area contributed by atoms with Crippen molar-refractivity contribution in [1.82, 2.24) is 0 Å². The minimum absolute atomic E-state index is 0.180.